The Kier molecular flexibility index (Phi) is 6.11. The van der Waals surface area contributed by atoms with Crippen LogP contribution in [0.15, 0.2) is 59.5 Å². The first-order valence-corrected chi connectivity index (χ1v) is 9.47. The number of hydrogen-bond acceptors (Lipinski definition) is 3. The number of ether oxygens (including phenoxy) is 1. The third kappa shape index (κ3) is 5.26. The molecule has 0 atom stereocenters. The van der Waals surface area contributed by atoms with Gasteiger partial charge in [-0.05, 0) is 43.2 Å². The van der Waals surface area contributed by atoms with Gasteiger partial charge in [0.25, 0.3) is 5.91 Å². The van der Waals surface area contributed by atoms with E-state index in [1.807, 2.05) is 30.3 Å². The lowest BCUT2D eigenvalue weighted by Crippen LogP contribution is -2.44. The molecule has 0 saturated carbocycles. The highest BCUT2D eigenvalue weighted by Gasteiger charge is 2.35. The topological polar surface area (TPSA) is 38.3 Å². The Balaban J connectivity index is 1.71. The summed E-state index contributed by atoms with van der Waals surface area (Å²) in [5, 5.41) is 2.83. The van der Waals surface area contributed by atoms with Gasteiger partial charge in [0.2, 0.25) is 0 Å². The molecule has 7 heteroatoms. The van der Waals surface area contributed by atoms with Gasteiger partial charge >= 0.3 is 6.18 Å². The molecule has 0 radical (unpaired) electrons. The van der Waals surface area contributed by atoms with Crippen molar-refractivity contribution in [2.75, 3.05) is 19.8 Å². The Morgan fingerprint density at radius 3 is 2.44 bits per heavy atom. The number of rotatable bonds is 5. The van der Waals surface area contributed by atoms with Gasteiger partial charge in [-0.15, -0.1) is 11.8 Å². The predicted octanol–water partition coefficient (Wildman–Crippen LogP) is 4.78. The fraction of sp³-hybridized carbons (Fsp3) is 0.350. The van der Waals surface area contributed by atoms with Gasteiger partial charge in [-0.3, -0.25) is 4.79 Å². The second-order valence-electron chi connectivity index (χ2n) is 6.47. The lowest BCUT2D eigenvalue weighted by molar-refractivity contribution is -0.137. The maximum atomic E-state index is 12.9. The highest BCUT2D eigenvalue weighted by Crippen LogP contribution is 2.40. The smallest absolute Gasteiger partial charge is 0.381 e. The molecule has 3 rings (SSSR count). The first kappa shape index (κ1) is 19.8. The quantitative estimate of drug-likeness (QED) is 0.792. The SMILES string of the molecule is O=C(NCC1(Sc2ccccc2)CCOCC1)c1cccc(C(F)(F)F)c1. The van der Waals surface area contributed by atoms with Crippen LogP contribution in [-0.2, 0) is 10.9 Å². The molecule has 1 fully saturated rings. The lowest BCUT2D eigenvalue weighted by atomic mass is 9.98. The minimum Gasteiger partial charge on any atom is -0.381 e. The normalized spacial score (nSPS) is 16.7. The van der Waals surface area contributed by atoms with Crippen LogP contribution in [0.5, 0.6) is 0 Å². The van der Waals surface area contributed by atoms with Gasteiger partial charge in [0, 0.05) is 35.0 Å². The Bertz CT molecular complexity index is 774. The van der Waals surface area contributed by atoms with Gasteiger partial charge in [0.1, 0.15) is 0 Å². The average Bonchev–Trinajstić information content (AvgIpc) is 2.67. The van der Waals surface area contributed by atoms with Crippen molar-refractivity contribution in [3.63, 3.8) is 0 Å². The van der Waals surface area contributed by atoms with E-state index in [1.54, 1.807) is 11.8 Å². The first-order valence-electron chi connectivity index (χ1n) is 8.65. The molecule has 1 aliphatic rings. The van der Waals surface area contributed by atoms with Crippen LogP contribution in [0.4, 0.5) is 13.2 Å². The summed E-state index contributed by atoms with van der Waals surface area (Å²) in [6.07, 6.45) is -2.95. The highest BCUT2D eigenvalue weighted by atomic mass is 32.2. The van der Waals surface area contributed by atoms with Crippen LogP contribution in [0, 0.1) is 0 Å². The molecular formula is C20H20F3NO2S. The van der Waals surface area contributed by atoms with Gasteiger partial charge in [-0.1, -0.05) is 24.3 Å². The molecule has 1 N–H and O–H groups in total. The summed E-state index contributed by atoms with van der Waals surface area (Å²) >= 11 is 1.68. The zero-order chi connectivity index (χ0) is 19.3. The van der Waals surface area contributed by atoms with E-state index >= 15 is 0 Å². The Hall–Kier alpha value is -1.99. The Morgan fingerprint density at radius 2 is 1.78 bits per heavy atom. The minimum atomic E-state index is -4.47. The molecule has 1 aliphatic heterocycles. The second-order valence-corrected chi connectivity index (χ2v) is 8.01. The average molecular weight is 395 g/mol. The van der Waals surface area contributed by atoms with Crippen molar-refractivity contribution < 1.29 is 22.7 Å². The zero-order valence-electron chi connectivity index (χ0n) is 14.6. The number of halogens is 3. The van der Waals surface area contributed by atoms with E-state index in [1.165, 1.54) is 12.1 Å². The number of thioether (sulfide) groups is 1. The Morgan fingerprint density at radius 1 is 1.07 bits per heavy atom. The number of alkyl halides is 3. The van der Waals surface area contributed by atoms with Crippen molar-refractivity contribution >= 4 is 17.7 Å². The molecule has 0 bridgehead atoms. The van der Waals surface area contributed by atoms with Crippen molar-refractivity contribution in [2.45, 2.75) is 28.7 Å². The molecule has 1 heterocycles. The molecule has 2 aromatic carbocycles. The molecule has 27 heavy (non-hydrogen) atoms. The predicted molar refractivity (Wildman–Crippen MR) is 98.9 cm³/mol. The van der Waals surface area contributed by atoms with Gasteiger partial charge in [0.15, 0.2) is 0 Å². The van der Waals surface area contributed by atoms with Gasteiger partial charge in [-0.2, -0.15) is 13.2 Å². The molecule has 3 nitrogen and oxygen atoms in total. The van der Waals surface area contributed by atoms with Crippen molar-refractivity contribution in [3.8, 4) is 0 Å². The number of benzene rings is 2. The van der Waals surface area contributed by atoms with E-state index in [9.17, 15) is 18.0 Å². The van der Waals surface area contributed by atoms with Crippen LogP contribution in [0.1, 0.15) is 28.8 Å². The third-order valence-corrected chi connectivity index (χ3v) is 6.00. The summed E-state index contributed by atoms with van der Waals surface area (Å²) < 4.78 is 43.8. The van der Waals surface area contributed by atoms with E-state index in [2.05, 4.69) is 5.32 Å². The van der Waals surface area contributed by atoms with Crippen LogP contribution >= 0.6 is 11.8 Å². The summed E-state index contributed by atoms with van der Waals surface area (Å²) in [6, 6.07) is 14.4. The maximum Gasteiger partial charge on any atom is 0.416 e. The molecule has 0 spiro atoms. The molecule has 2 aromatic rings. The largest absolute Gasteiger partial charge is 0.416 e. The second kappa shape index (κ2) is 8.35. The van der Waals surface area contributed by atoms with E-state index in [4.69, 9.17) is 4.74 Å². The van der Waals surface area contributed by atoms with Crippen LogP contribution in [0.2, 0.25) is 0 Å². The molecule has 0 aliphatic carbocycles. The molecule has 0 unspecified atom stereocenters. The Labute approximate surface area is 160 Å². The molecule has 1 saturated heterocycles. The standard InChI is InChI=1S/C20H20F3NO2S/c21-20(22,23)16-6-4-5-15(13-16)18(25)24-14-19(9-11-26-12-10-19)27-17-7-2-1-3-8-17/h1-8,13H,9-12,14H2,(H,24,25). The van der Waals surface area contributed by atoms with Crippen molar-refractivity contribution in [2.24, 2.45) is 0 Å². The minimum absolute atomic E-state index is 0.0109. The first-order chi connectivity index (χ1) is 12.9. The van der Waals surface area contributed by atoms with Gasteiger partial charge in [0.05, 0.1) is 5.56 Å². The van der Waals surface area contributed by atoms with E-state index in [0.717, 1.165) is 29.9 Å². The molecule has 0 aromatic heterocycles. The monoisotopic (exact) mass is 395 g/mol. The number of carbonyl (C=O) groups excluding carboxylic acids is 1. The maximum absolute atomic E-state index is 12.9. The van der Waals surface area contributed by atoms with Crippen molar-refractivity contribution in [1.82, 2.24) is 5.32 Å². The van der Waals surface area contributed by atoms with Crippen LogP contribution in [0.3, 0.4) is 0 Å². The summed E-state index contributed by atoms with van der Waals surface area (Å²) in [5.41, 5.74) is -0.814. The number of hydrogen-bond donors (Lipinski definition) is 1. The number of amides is 1. The highest BCUT2D eigenvalue weighted by molar-refractivity contribution is 8.00. The molecule has 144 valence electrons. The third-order valence-electron chi connectivity index (χ3n) is 4.50. The fourth-order valence-corrected chi connectivity index (χ4v) is 4.29. The summed E-state index contributed by atoms with van der Waals surface area (Å²) in [5.74, 6) is -0.499. The molecular weight excluding hydrogens is 375 g/mol. The molecule has 1 amide bonds. The summed E-state index contributed by atoms with van der Waals surface area (Å²) in [7, 11) is 0. The summed E-state index contributed by atoms with van der Waals surface area (Å²) in [6.45, 7) is 1.56. The summed E-state index contributed by atoms with van der Waals surface area (Å²) in [4.78, 5) is 13.5. The van der Waals surface area contributed by atoms with E-state index in [-0.39, 0.29) is 10.3 Å². The fourth-order valence-electron chi connectivity index (χ4n) is 2.98. The number of carbonyl (C=O) groups is 1. The van der Waals surface area contributed by atoms with Gasteiger partial charge < -0.3 is 10.1 Å². The van der Waals surface area contributed by atoms with Crippen LogP contribution in [0.25, 0.3) is 0 Å². The van der Waals surface area contributed by atoms with Crippen molar-refractivity contribution in [3.05, 3.63) is 65.7 Å². The van der Waals surface area contributed by atoms with E-state index in [0.29, 0.717) is 19.8 Å². The van der Waals surface area contributed by atoms with Crippen LogP contribution < -0.4 is 5.32 Å². The van der Waals surface area contributed by atoms with E-state index < -0.39 is 17.6 Å². The number of nitrogens with one attached hydrogen (secondary N) is 1. The van der Waals surface area contributed by atoms with Crippen molar-refractivity contribution in [1.29, 1.82) is 0 Å². The van der Waals surface area contributed by atoms with Crippen LogP contribution in [-0.4, -0.2) is 30.4 Å². The van der Waals surface area contributed by atoms with Gasteiger partial charge in [-0.25, -0.2) is 0 Å². The zero-order valence-corrected chi connectivity index (χ0v) is 15.4. The lowest BCUT2D eigenvalue weighted by Gasteiger charge is -2.36.